The summed E-state index contributed by atoms with van der Waals surface area (Å²) in [6.07, 6.45) is 0. The first-order chi connectivity index (χ1) is 10.7. The van der Waals surface area contributed by atoms with Crippen molar-refractivity contribution >= 4 is 5.91 Å². The number of nitrogens with zero attached hydrogens (tertiary/aromatic N) is 2. The van der Waals surface area contributed by atoms with Gasteiger partial charge in [0.1, 0.15) is 0 Å². The highest BCUT2D eigenvalue weighted by molar-refractivity contribution is 5.95. The average molecular weight is 315 g/mol. The molecule has 1 N–H and O–H groups in total. The molecule has 6 nitrogen and oxygen atoms in total. The van der Waals surface area contributed by atoms with Gasteiger partial charge in [-0.2, -0.15) is 9.78 Å². The lowest BCUT2D eigenvalue weighted by Crippen LogP contribution is -2.42. The molecule has 23 heavy (non-hydrogen) atoms. The Morgan fingerprint density at radius 2 is 1.91 bits per heavy atom. The van der Waals surface area contributed by atoms with Gasteiger partial charge in [0, 0.05) is 5.54 Å². The number of aryl methyl sites for hydroxylation is 1. The van der Waals surface area contributed by atoms with Gasteiger partial charge in [-0.05, 0) is 39.3 Å². The minimum absolute atomic E-state index is 0.0743. The van der Waals surface area contributed by atoms with E-state index >= 15 is 0 Å². The van der Waals surface area contributed by atoms with Gasteiger partial charge in [0.05, 0.1) is 18.9 Å². The smallest absolute Gasteiger partial charge is 0.276 e. The quantitative estimate of drug-likeness (QED) is 0.941. The molecule has 0 spiro atoms. The van der Waals surface area contributed by atoms with E-state index in [2.05, 4.69) is 10.4 Å². The standard InChI is InChI=1S/C17H21N3O3/c1-11-8-6-7-9-12(11)20-14(21)10-13(23-5)15(19-20)16(22)18-17(2,3)4/h6-10H,1-5H3,(H,18,22). The number of para-hydroxylation sites is 1. The molecule has 0 saturated carbocycles. The van der Waals surface area contributed by atoms with Gasteiger partial charge in [0.2, 0.25) is 0 Å². The number of ether oxygens (including phenoxy) is 1. The first-order valence-electron chi connectivity index (χ1n) is 7.30. The van der Waals surface area contributed by atoms with Crippen LogP contribution in [0.2, 0.25) is 0 Å². The Morgan fingerprint density at radius 1 is 1.26 bits per heavy atom. The van der Waals surface area contributed by atoms with Crippen molar-refractivity contribution in [1.29, 1.82) is 0 Å². The molecule has 0 radical (unpaired) electrons. The molecule has 1 heterocycles. The minimum atomic E-state index is -0.423. The van der Waals surface area contributed by atoms with Gasteiger partial charge in [0.25, 0.3) is 11.5 Å². The molecule has 122 valence electrons. The van der Waals surface area contributed by atoms with Crippen LogP contribution in [0.5, 0.6) is 5.75 Å². The third-order valence-corrected chi connectivity index (χ3v) is 3.16. The Balaban J connectivity index is 2.60. The summed E-state index contributed by atoms with van der Waals surface area (Å²) in [4.78, 5) is 24.8. The molecule has 0 unspecified atom stereocenters. The number of aromatic nitrogens is 2. The molecule has 0 bridgehead atoms. The van der Waals surface area contributed by atoms with Crippen molar-refractivity contribution in [3.05, 3.63) is 51.9 Å². The number of carbonyl (C=O) groups is 1. The second kappa shape index (κ2) is 6.24. The Morgan fingerprint density at radius 3 is 2.48 bits per heavy atom. The number of hydrogen-bond donors (Lipinski definition) is 1. The van der Waals surface area contributed by atoms with Crippen LogP contribution in [0.15, 0.2) is 35.1 Å². The summed E-state index contributed by atoms with van der Waals surface area (Å²) >= 11 is 0. The number of rotatable bonds is 3. The molecule has 0 aliphatic rings. The van der Waals surface area contributed by atoms with Crippen molar-refractivity contribution in [3.63, 3.8) is 0 Å². The van der Waals surface area contributed by atoms with Gasteiger partial charge in [-0.3, -0.25) is 9.59 Å². The first-order valence-corrected chi connectivity index (χ1v) is 7.30. The van der Waals surface area contributed by atoms with Gasteiger partial charge in [-0.15, -0.1) is 0 Å². The molecule has 0 fully saturated rings. The number of nitrogens with one attached hydrogen (secondary N) is 1. The fourth-order valence-corrected chi connectivity index (χ4v) is 2.13. The number of methoxy groups -OCH3 is 1. The molecule has 0 aliphatic heterocycles. The third kappa shape index (κ3) is 3.77. The summed E-state index contributed by atoms with van der Waals surface area (Å²) < 4.78 is 6.36. The van der Waals surface area contributed by atoms with Crippen LogP contribution in [0.4, 0.5) is 0 Å². The number of hydrogen-bond acceptors (Lipinski definition) is 4. The molecule has 6 heteroatoms. The highest BCUT2D eigenvalue weighted by atomic mass is 16.5. The Bertz CT molecular complexity index is 788. The van der Waals surface area contributed by atoms with Crippen LogP contribution in [0.1, 0.15) is 36.8 Å². The Kier molecular flexibility index (Phi) is 4.54. The maximum atomic E-state index is 12.5. The first kappa shape index (κ1) is 16.7. The molecule has 1 amide bonds. The monoisotopic (exact) mass is 315 g/mol. The summed E-state index contributed by atoms with van der Waals surface area (Å²) in [5, 5.41) is 7.05. The summed E-state index contributed by atoms with van der Waals surface area (Å²) in [6.45, 7) is 7.49. The Hall–Kier alpha value is -2.63. The second-order valence-corrected chi connectivity index (χ2v) is 6.30. The molecule has 0 aliphatic carbocycles. The van der Waals surface area contributed by atoms with Crippen molar-refractivity contribution in [2.45, 2.75) is 33.2 Å². The SMILES string of the molecule is COc1cc(=O)n(-c2ccccc2C)nc1C(=O)NC(C)(C)C. The van der Waals surface area contributed by atoms with E-state index in [-0.39, 0.29) is 17.0 Å². The van der Waals surface area contributed by atoms with Crippen LogP contribution in [0.3, 0.4) is 0 Å². The summed E-state index contributed by atoms with van der Waals surface area (Å²) in [7, 11) is 1.41. The third-order valence-electron chi connectivity index (χ3n) is 3.16. The van der Waals surface area contributed by atoms with Crippen molar-refractivity contribution in [2.24, 2.45) is 0 Å². The topological polar surface area (TPSA) is 73.2 Å². The highest BCUT2D eigenvalue weighted by Gasteiger charge is 2.22. The number of amides is 1. The van der Waals surface area contributed by atoms with E-state index in [9.17, 15) is 9.59 Å². The lowest BCUT2D eigenvalue weighted by Gasteiger charge is -2.21. The zero-order valence-corrected chi connectivity index (χ0v) is 14.0. The van der Waals surface area contributed by atoms with Gasteiger partial charge >= 0.3 is 0 Å². The van der Waals surface area contributed by atoms with Gasteiger partial charge in [-0.1, -0.05) is 18.2 Å². The molecule has 0 saturated heterocycles. The fourth-order valence-electron chi connectivity index (χ4n) is 2.13. The molecular formula is C17H21N3O3. The molecular weight excluding hydrogens is 294 g/mol. The van der Waals surface area contributed by atoms with E-state index < -0.39 is 11.4 Å². The van der Waals surface area contributed by atoms with Gasteiger partial charge in [-0.25, -0.2) is 0 Å². The van der Waals surface area contributed by atoms with Crippen molar-refractivity contribution in [1.82, 2.24) is 15.1 Å². The van der Waals surface area contributed by atoms with E-state index in [1.165, 1.54) is 17.9 Å². The summed E-state index contributed by atoms with van der Waals surface area (Å²) in [6, 6.07) is 8.62. The maximum absolute atomic E-state index is 12.5. The van der Waals surface area contributed by atoms with Crippen molar-refractivity contribution in [3.8, 4) is 11.4 Å². The van der Waals surface area contributed by atoms with Crippen LogP contribution < -0.4 is 15.6 Å². The van der Waals surface area contributed by atoms with E-state index in [4.69, 9.17) is 4.74 Å². The van der Waals surface area contributed by atoms with Gasteiger partial charge in [0.15, 0.2) is 11.4 Å². The van der Waals surface area contributed by atoms with Crippen molar-refractivity contribution < 1.29 is 9.53 Å². The zero-order chi connectivity index (χ0) is 17.2. The van der Waals surface area contributed by atoms with Crippen LogP contribution in [-0.4, -0.2) is 28.3 Å². The second-order valence-electron chi connectivity index (χ2n) is 6.30. The summed E-state index contributed by atoms with van der Waals surface area (Å²) in [5.74, 6) is -0.238. The van der Waals surface area contributed by atoms with Gasteiger partial charge < -0.3 is 10.1 Å². The lowest BCUT2D eigenvalue weighted by atomic mass is 10.1. The normalized spacial score (nSPS) is 11.2. The van der Waals surface area contributed by atoms with Crippen LogP contribution in [-0.2, 0) is 0 Å². The lowest BCUT2D eigenvalue weighted by molar-refractivity contribution is 0.0909. The molecule has 1 aromatic heterocycles. The highest BCUT2D eigenvalue weighted by Crippen LogP contribution is 2.17. The van der Waals surface area contributed by atoms with E-state index in [0.717, 1.165) is 5.56 Å². The van der Waals surface area contributed by atoms with E-state index in [0.29, 0.717) is 5.69 Å². The minimum Gasteiger partial charge on any atom is -0.494 e. The zero-order valence-electron chi connectivity index (χ0n) is 14.0. The van der Waals surface area contributed by atoms with E-state index in [1.54, 1.807) is 6.07 Å². The Labute approximate surface area is 135 Å². The predicted molar refractivity (Wildman–Crippen MR) is 88.3 cm³/mol. The van der Waals surface area contributed by atoms with E-state index in [1.807, 2.05) is 45.9 Å². The molecule has 0 atom stereocenters. The predicted octanol–water partition coefficient (Wildman–Crippen LogP) is 2.08. The number of carbonyl (C=O) groups excluding carboxylic acids is 1. The average Bonchev–Trinajstić information content (AvgIpc) is 2.46. The van der Waals surface area contributed by atoms with Crippen LogP contribution in [0, 0.1) is 6.92 Å². The van der Waals surface area contributed by atoms with Crippen molar-refractivity contribution in [2.75, 3.05) is 7.11 Å². The molecule has 1 aromatic carbocycles. The summed E-state index contributed by atoms with van der Waals surface area (Å²) in [5.41, 5.74) is 0.807. The van der Waals surface area contributed by atoms with Crippen LogP contribution >= 0.6 is 0 Å². The van der Waals surface area contributed by atoms with Crippen LogP contribution in [0.25, 0.3) is 5.69 Å². The number of benzene rings is 1. The maximum Gasteiger partial charge on any atom is 0.276 e. The largest absolute Gasteiger partial charge is 0.494 e. The molecule has 2 aromatic rings. The molecule has 2 rings (SSSR count). The fraction of sp³-hybridized carbons (Fsp3) is 0.353.